The van der Waals surface area contributed by atoms with Gasteiger partial charge in [0.05, 0.1) is 6.61 Å². The summed E-state index contributed by atoms with van der Waals surface area (Å²) in [6.45, 7) is 7.34. The first-order valence-electron chi connectivity index (χ1n) is 3.51. The molecule has 0 aliphatic heterocycles. The highest BCUT2D eigenvalue weighted by Crippen LogP contribution is 2.25. The average molecular weight is 144 g/mol. The SMILES string of the molecule is CC(=O)C(CO)C(C)(C)C. The number of ketones is 1. The van der Waals surface area contributed by atoms with Gasteiger partial charge in [0.2, 0.25) is 0 Å². The molecule has 10 heavy (non-hydrogen) atoms. The number of hydrogen-bond acceptors (Lipinski definition) is 2. The normalized spacial score (nSPS) is 14.9. The van der Waals surface area contributed by atoms with Gasteiger partial charge in [-0.05, 0) is 12.3 Å². The van der Waals surface area contributed by atoms with Gasteiger partial charge in [0.25, 0.3) is 0 Å². The summed E-state index contributed by atoms with van der Waals surface area (Å²) in [6.07, 6.45) is 0. The molecule has 0 saturated carbocycles. The standard InChI is InChI=1S/C8H16O2/c1-6(10)7(5-9)8(2,3)4/h7,9H,5H2,1-4H3. The third-order valence-corrected chi connectivity index (χ3v) is 1.72. The van der Waals surface area contributed by atoms with E-state index in [1.165, 1.54) is 6.92 Å². The summed E-state index contributed by atoms with van der Waals surface area (Å²) in [5.41, 5.74) is -0.111. The Labute approximate surface area is 62.2 Å². The van der Waals surface area contributed by atoms with Crippen LogP contribution in [0.2, 0.25) is 0 Å². The van der Waals surface area contributed by atoms with Crippen LogP contribution >= 0.6 is 0 Å². The van der Waals surface area contributed by atoms with Gasteiger partial charge < -0.3 is 5.11 Å². The Morgan fingerprint density at radius 2 is 1.90 bits per heavy atom. The third kappa shape index (κ3) is 2.48. The molecule has 0 aliphatic carbocycles. The fraction of sp³-hybridized carbons (Fsp3) is 0.875. The summed E-state index contributed by atoms with van der Waals surface area (Å²) in [5.74, 6) is -0.150. The Bertz CT molecular complexity index is 122. The number of Topliss-reactive ketones (excluding diaryl/α,β-unsaturated/α-hetero) is 1. The van der Waals surface area contributed by atoms with Crippen LogP contribution in [0.1, 0.15) is 27.7 Å². The largest absolute Gasteiger partial charge is 0.396 e. The van der Waals surface area contributed by atoms with Crippen LogP contribution < -0.4 is 0 Å². The molecule has 0 radical (unpaired) electrons. The second-order valence-electron chi connectivity index (χ2n) is 3.71. The molecular weight excluding hydrogens is 128 g/mol. The molecule has 0 rings (SSSR count). The monoisotopic (exact) mass is 144 g/mol. The lowest BCUT2D eigenvalue weighted by Crippen LogP contribution is -2.29. The van der Waals surface area contributed by atoms with Crippen LogP contribution in [0.4, 0.5) is 0 Å². The number of aliphatic hydroxyl groups excluding tert-OH is 1. The molecule has 2 nitrogen and oxygen atoms in total. The van der Waals surface area contributed by atoms with Crippen LogP contribution in [-0.4, -0.2) is 17.5 Å². The average Bonchev–Trinajstić information content (AvgIpc) is 1.60. The van der Waals surface area contributed by atoms with E-state index >= 15 is 0 Å². The second-order valence-corrected chi connectivity index (χ2v) is 3.71. The Kier molecular flexibility index (Phi) is 3.03. The van der Waals surface area contributed by atoms with Crippen molar-refractivity contribution in [3.05, 3.63) is 0 Å². The fourth-order valence-corrected chi connectivity index (χ4v) is 1.01. The fourth-order valence-electron chi connectivity index (χ4n) is 1.01. The van der Waals surface area contributed by atoms with Crippen LogP contribution in [0.15, 0.2) is 0 Å². The van der Waals surface area contributed by atoms with Gasteiger partial charge in [-0.25, -0.2) is 0 Å². The lowest BCUT2D eigenvalue weighted by atomic mass is 9.79. The van der Waals surface area contributed by atoms with Crippen molar-refractivity contribution < 1.29 is 9.90 Å². The lowest BCUT2D eigenvalue weighted by Gasteiger charge is -2.26. The van der Waals surface area contributed by atoms with Crippen molar-refractivity contribution in [1.82, 2.24) is 0 Å². The van der Waals surface area contributed by atoms with E-state index in [0.29, 0.717) is 0 Å². The van der Waals surface area contributed by atoms with Gasteiger partial charge in [-0.1, -0.05) is 20.8 Å². The molecule has 0 saturated heterocycles. The van der Waals surface area contributed by atoms with Crippen LogP contribution in [0.25, 0.3) is 0 Å². The molecule has 1 N–H and O–H groups in total. The van der Waals surface area contributed by atoms with Gasteiger partial charge in [0.15, 0.2) is 0 Å². The molecule has 0 fully saturated rings. The minimum absolute atomic E-state index is 0.0428. The van der Waals surface area contributed by atoms with Gasteiger partial charge in [-0.3, -0.25) is 4.79 Å². The maximum Gasteiger partial charge on any atom is 0.135 e. The zero-order chi connectivity index (χ0) is 8.36. The molecule has 0 heterocycles. The van der Waals surface area contributed by atoms with Gasteiger partial charge in [-0.2, -0.15) is 0 Å². The van der Waals surface area contributed by atoms with Gasteiger partial charge >= 0.3 is 0 Å². The van der Waals surface area contributed by atoms with E-state index in [1.807, 2.05) is 20.8 Å². The highest BCUT2D eigenvalue weighted by molar-refractivity contribution is 5.79. The summed E-state index contributed by atoms with van der Waals surface area (Å²) in [6, 6.07) is 0. The second kappa shape index (κ2) is 3.15. The van der Waals surface area contributed by atoms with E-state index in [9.17, 15) is 4.79 Å². The molecule has 1 atom stereocenters. The highest BCUT2D eigenvalue weighted by Gasteiger charge is 2.27. The van der Waals surface area contributed by atoms with E-state index in [4.69, 9.17) is 5.11 Å². The van der Waals surface area contributed by atoms with Gasteiger partial charge in [-0.15, -0.1) is 0 Å². The van der Waals surface area contributed by atoms with E-state index in [1.54, 1.807) is 0 Å². The molecule has 2 heteroatoms. The Hall–Kier alpha value is -0.370. The van der Waals surface area contributed by atoms with Crippen molar-refractivity contribution in [2.24, 2.45) is 11.3 Å². The van der Waals surface area contributed by atoms with Crippen molar-refractivity contribution in [2.45, 2.75) is 27.7 Å². The highest BCUT2D eigenvalue weighted by atomic mass is 16.3. The van der Waals surface area contributed by atoms with Crippen molar-refractivity contribution in [3.63, 3.8) is 0 Å². The quantitative estimate of drug-likeness (QED) is 0.633. The molecule has 0 aromatic heterocycles. The molecule has 60 valence electrons. The summed E-state index contributed by atoms with van der Waals surface area (Å²) < 4.78 is 0. The molecule has 0 spiro atoms. The first-order valence-corrected chi connectivity index (χ1v) is 3.51. The van der Waals surface area contributed by atoms with E-state index < -0.39 is 0 Å². The Morgan fingerprint density at radius 1 is 1.50 bits per heavy atom. The molecule has 0 bridgehead atoms. The lowest BCUT2D eigenvalue weighted by molar-refractivity contribution is -0.125. The minimum atomic E-state index is -0.215. The number of aliphatic hydroxyl groups is 1. The van der Waals surface area contributed by atoms with Crippen LogP contribution in [0.3, 0.4) is 0 Å². The minimum Gasteiger partial charge on any atom is -0.396 e. The van der Waals surface area contributed by atoms with E-state index in [-0.39, 0.29) is 23.7 Å². The van der Waals surface area contributed by atoms with Crippen molar-refractivity contribution >= 4 is 5.78 Å². The summed E-state index contributed by atoms with van der Waals surface area (Å²) in [5, 5.41) is 8.81. The zero-order valence-corrected chi connectivity index (χ0v) is 7.14. The first-order chi connectivity index (χ1) is 4.39. The van der Waals surface area contributed by atoms with Crippen LogP contribution in [0.5, 0.6) is 0 Å². The van der Waals surface area contributed by atoms with E-state index in [2.05, 4.69) is 0 Å². The topological polar surface area (TPSA) is 37.3 Å². The molecule has 0 aromatic rings. The molecule has 0 amide bonds. The molecule has 0 aliphatic rings. The van der Waals surface area contributed by atoms with Crippen molar-refractivity contribution in [2.75, 3.05) is 6.61 Å². The maximum absolute atomic E-state index is 10.9. The van der Waals surface area contributed by atoms with Crippen LogP contribution in [0, 0.1) is 11.3 Å². The molecular formula is C8H16O2. The van der Waals surface area contributed by atoms with E-state index in [0.717, 1.165) is 0 Å². The molecule has 1 unspecified atom stereocenters. The predicted octanol–water partition coefficient (Wildman–Crippen LogP) is 1.23. The first kappa shape index (κ1) is 9.63. The summed E-state index contributed by atoms with van der Waals surface area (Å²) in [4.78, 5) is 10.9. The third-order valence-electron chi connectivity index (χ3n) is 1.72. The maximum atomic E-state index is 10.9. The number of carbonyl (C=O) groups is 1. The van der Waals surface area contributed by atoms with Crippen molar-refractivity contribution in [1.29, 1.82) is 0 Å². The summed E-state index contributed by atoms with van der Waals surface area (Å²) >= 11 is 0. The predicted molar refractivity (Wildman–Crippen MR) is 40.7 cm³/mol. The number of hydrogen-bond donors (Lipinski definition) is 1. The summed E-state index contributed by atoms with van der Waals surface area (Å²) in [7, 11) is 0. The smallest absolute Gasteiger partial charge is 0.135 e. The number of rotatable bonds is 2. The van der Waals surface area contributed by atoms with Crippen molar-refractivity contribution in [3.8, 4) is 0 Å². The van der Waals surface area contributed by atoms with Gasteiger partial charge in [0, 0.05) is 5.92 Å². The number of carbonyl (C=O) groups excluding carboxylic acids is 1. The zero-order valence-electron chi connectivity index (χ0n) is 7.14. The van der Waals surface area contributed by atoms with Crippen LogP contribution in [-0.2, 0) is 4.79 Å². The Balaban J connectivity index is 4.22. The Morgan fingerprint density at radius 3 is 1.90 bits per heavy atom. The molecule has 0 aromatic carbocycles. The van der Waals surface area contributed by atoms with Gasteiger partial charge in [0.1, 0.15) is 5.78 Å².